The Morgan fingerprint density at radius 2 is 1.61 bits per heavy atom. The van der Waals surface area contributed by atoms with Crippen LogP contribution < -0.4 is 4.80 Å². The van der Waals surface area contributed by atoms with Gasteiger partial charge in [-0.05, 0) is 48.7 Å². The van der Waals surface area contributed by atoms with Crippen molar-refractivity contribution < 1.29 is 0 Å². The molecular formula is C24H21BrN2S. The fourth-order valence-electron chi connectivity index (χ4n) is 3.10. The summed E-state index contributed by atoms with van der Waals surface area (Å²) in [7, 11) is 0. The Kier molecular flexibility index (Phi) is 5.89. The van der Waals surface area contributed by atoms with Gasteiger partial charge in [-0.1, -0.05) is 76.1 Å². The average molecular weight is 449 g/mol. The SMILES string of the molecule is Cc1ccc(N=c2scc(-c3ccc(Br)cc3)n2CCc2ccccc2)cc1. The van der Waals surface area contributed by atoms with Gasteiger partial charge in [-0.15, -0.1) is 11.3 Å². The molecule has 1 heterocycles. The van der Waals surface area contributed by atoms with Crippen LogP contribution in [0.5, 0.6) is 0 Å². The van der Waals surface area contributed by atoms with Gasteiger partial charge >= 0.3 is 0 Å². The van der Waals surface area contributed by atoms with Crippen molar-refractivity contribution in [3.8, 4) is 11.3 Å². The van der Waals surface area contributed by atoms with E-state index in [9.17, 15) is 0 Å². The van der Waals surface area contributed by atoms with E-state index in [2.05, 4.69) is 112 Å². The van der Waals surface area contributed by atoms with Gasteiger partial charge in [-0.25, -0.2) is 4.99 Å². The predicted octanol–water partition coefficient (Wildman–Crippen LogP) is 6.76. The van der Waals surface area contributed by atoms with Crippen molar-refractivity contribution in [2.45, 2.75) is 19.9 Å². The molecular weight excluding hydrogens is 428 g/mol. The Morgan fingerprint density at radius 3 is 2.32 bits per heavy atom. The lowest BCUT2D eigenvalue weighted by molar-refractivity contribution is 0.684. The monoisotopic (exact) mass is 448 g/mol. The van der Waals surface area contributed by atoms with E-state index in [-0.39, 0.29) is 0 Å². The Morgan fingerprint density at radius 1 is 0.893 bits per heavy atom. The molecule has 1 aromatic heterocycles. The molecule has 0 aliphatic heterocycles. The summed E-state index contributed by atoms with van der Waals surface area (Å²) in [6, 6.07) is 27.5. The molecule has 0 aliphatic rings. The summed E-state index contributed by atoms with van der Waals surface area (Å²) in [5, 5.41) is 2.21. The lowest BCUT2D eigenvalue weighted by atomic mass is 10.1. The molecule has 0 fully saturated rings. The number of hydrogen-bond acceptors (Lipinski definition) is 2. The molecule has 2 nitrogen and oxygen atoms in total. The van der Waals surface area contributed by atoms with E-state index in [0.717, 1.165) is 27.9 Å². The first-order valence-electron chi connectivity index (χ1n) is 9.29. The molecule has 0 radical (unpaired) electrons. The van der Waals surface area contributed by atoms with Gasteiger partial charge in [0, 0.05) is 16.4 Å². The van der Waals surface area contributed by atoms with Crippen LogP contribution in [0, 0.1) is 6.92 Å². The van der Waals surface area contributed by atoms with Gasteiger partial charge in [0.2, 0.25) is 0 Å². The van der Waals surface area contributed by atoms with Gasteiger partial charge in [-0.2, -0.15) is 0 Å². The maximum absolute atomic E-state index is 4.93. The van der Waals surface area contributed by atoms with E-state index >= 15 is 0 Å². The van der Waals surface area contributed by atoms with Gasteiger partial charge in [0.25, 0.3) is 0 Å². The number of thiazole rings is 1. The molecule has 0 N–H and O–H groups in total. The first-order chi connectivity index (χ1) is 13.7. The molecule has 0 amide bonds. The van der Waals surface area contributed by atoms with Crippen molar-refractivity contribution in [2.24, 2.45) is 4.99 Å². The number of halogens is 1. The van der Waals surface area contributed by atoms with Crippen molar-refractivity contribution in [1.29, 1.82) is 0 Å². The summed E-state index contributed by atoms with van der Waals surface area (Å²) in [6.07, 6.45) is 0.974. The molecule has 3 aromatic carbocycles. The first kappa shape index (κ1) is 18.9. The summed E-state index contributed by atoms with van der Waals surface area (Å²) >= 11 is 5.22. The van der Waals surface area contributed by atoms with Crippen LogP contribution in [0.1, 0.15) is 11.1 Å². The minimum Gasteiger partial charge on any atom is -0.316 e. The number of rotatable bonds is 5. The molecule has 4 aromatic rings. The van der Waals surface area contributed by atoms with E-state index < -0.39 is 0 Å². The maximum atomic E-state index is 4.93. The Labute approximate surface area is 178 Å². The molecule has 0 bridgehead atoms. The van der Waals surface area contributed by atoms with Gasteiger partial charge in [-0.3, -0.25) is 0 Å². The van der Waals surface area contributed by atoms with Crippen LogP contribution >= 0.6 is 27.3 Å². The molecule has 0 saturated heterocycles. The molecule has 0 aliphatic carbocycles. The molecule has 28 heavy (non-hydrogen) atoms. The summed E-state index contributed by atoms with van der Waals surface area (Å²) in [5.74, 6) is 0. The zero-order valence-electron chi connectivity index (χ0n) is 15.7. The van der Waals surface area contributed by atoms with Crippen molar-refractivity contribution in [3.63, 3.8) is 0 Å². The highest BCUT2D eigenvalue weighted by atomic mass is 79.9. The van der Waals surface area contributed by atoms with Crippen LogP contribution in [-0.2, 0) is 13.0 Å². The molecule has 0 atom stereocenters. The minimum atomic E-state index is 0.892. The first-order valence-corrected chi connectivity index (χ1v) is 11.0. The smallest absolute Gasteiger partial charge is 0.190 e. The Bertz CT molecular complexity index is 1110. The largest absolute Gasteiger partial charge is 0.316 e. The summed E-state index contributed by atoms with van der Waals surface area (Å²) in [6.45, 7) is 2.99. The van der Waals surface area contributed by atoms with Crippen molar-refractivity contribution in [2.75, 3.05) is 0 Å². The van der Waals surface area contributed by atoms with Crippen LogP contribution in [0.4, 0.5) is 5.69 Å². The highest BCUT2D eigenvalue weighted by molar-refractivity contribution is 9.10. The predicted molar refractivity (Wildman–Crippen MR) is 122 cm³/mol. The molecule has 0 unspecified atom stereocenters. The van der Waals surface area contributed by atoms with Crippen LogP contribution in [-0.4, -0.2) is 4.57 Å². The van der Waals surface area contributed by atoms with E-state index in [0.29, 0.717) is 0 Å². The fourth-order valence-corrected chi connectivity index (χ4v) is 4.32. The number of aromatic nitrogens is 1. The highest BCUT2D eigenvalue weighted by Crippen LogP contribution is 2.23. The summed E-state index contributed by atoms with van der Waals surface area (Å²) < 4.78 is 3.42. The molecule has 4 heteroatoms. The lowest BCUT2D eigenvalue weighted by Crippen LogP contribution is -2.17. The third kappa shape index (κ3) is 4.51. The second-order valence-corrected chi connectivity index (χ2v) is 8.50. The van der Waals surface area contributed by atoms with E-state index in [1.807, 2.05) is 0 Å². The molecule has 0 saturated carbocycles. The van der Waals surface area contributed by atoms with Crippen molar-refractivity contribution in [1.82, 2.24) is 4.57 Å². The third-order valence-electron chi connectivity index (χ3n) is 4.66. The average Bonchev–Trinajstić information content (AvgIpc) is 3.12. The van der Waals surface area contributed by atoms with Gasteiger partial charge in [0.15, 0.2) is 4.80 Å². The van der Waals surface area contributed by atoms with Crippen LogP contribution in [0.25, 0.3) is 11.3 Å². The van der Waals surface area contributed by atoms with Crippen molar-refractivity contribution in [3.05, 3.63) is 105 Å². The van der Waals surface area contributed by atoms with E-state index in [4.69, 9.17) is 4.99 Å². The lowest BCUT2D eigenvalue weighted by Gasteiger charge is -2.10. The van der Waals surface area contributed by atoms with Crippen LogP contribution in [0.2, 0.25) is 0 Å². The standard InChI is InChI=1S/C24H21BrN2S/c1-18-7-13-22(14-8-18)26-24-27(16-15-19-5-3-2-4-6-19)23(17-28-24)20-9-11-21(25)12-10-20/h2-14,17H,15-16H2,1H3. The normalized spacial score (nSPS) is 11.7. The number of benzene rings is 3. The summed E-state index contributed by atoms with van der Waals surface area (Å²) in [5.41, 5.74) is 5.99. The molecule has 140 valence electrons. The van der Waals surface area contributed by atoms with E-state index in [1.54, 1.807) is 11.3 Å². The second-order valence-electron chi connectivity index (χ2n) is 6.74. The zero-order valence-corrected chi connectivity index (χ0v) is 18.1. The molecule has 0 spiro atoms. The Hall–Kier alpha value is -2.43. The number of hydrogen-bond donors (Lipinski definition) is 0. The van der Waals surface area contributed by atoms with Crippen molar-refractivity contribution >= 4 is 33.0 Å². The van der Waals surface area contributed by atoms with Crippen LogP contribution in [0.15, 0.2) is 93.7 Å². The zero-order chi connectivity index (χ0) is 19.3. The fraction of sp³-hybridized carbons (Fsp3) is 0.125. The topological polar surface area (TPSA) is 17.3 Å². The van der Waals surface area contributed by atoms with Gasteiger partial charge in [0.05, 0.1) is 11.4 Å². The van der Waals surface area contributed by atoms with Crippen LogP contribution in [0.3, 0.4) is 0 Å². The second kappa shape index (κ2) is 8.72. The highest BCUT2D eigenvalue weighted by Gasteiger charge is 2.09. The Balaban J connectivity index is 1.75. The van der Waals surface area contributed by atoms with E-state index in [1.165, 1.54) is 22.4 Å². The van der Waals surface area contributed by atoms with Gasteiger partial charge < -0.3 is 4.57 Å². The number of aryl methyl sites for hydroxylation is 2. The quantitative estimate of drug-likeness (QED) is 0.320. The minimum absolute atomic E-state index is 0.892. The maximum Gasteiger partial charge on any atom is 0.190 e. The third-order valence-corrected chi connectivity index (χ3v) is 6.06. The summed E-state index contributed by atoms with van der Waals surface area (Å²) in [4.78, 5) is 5.96. The van der Waals surface area contributed by atoms with Gasteiger partial charge in [0.1, 0.15) is 0 Å². The molecule has 4 rings (SSSR count). The number of nitrogens with zero attached hydrogens (tertiary/aromatic N) is 2.